The number of phenolic OH excluding ortho intramolecular Hbond substituents is 1. The van der Waals surface area contributed by atoms with E-state index in [1.807, 2.05) is 24.9 Å². The molecule has 0 saturated carbocycles. The molecule has 0 saturated heterocycles. The van der Waals surface area contributed by atoms with Crippen molar-refractivity contribution in [2.24, 2.45) is 0 Å². The molecule has 0 atom stereocenters. The molecule has 15 heavy (non-hydrogen) atoms. The van der Waals surface area contributed by atoms with Gasteiger partial charge in [0.15, 0.2) is 11.5 Å². The average molecular weight is 273 g/mol. The maximum absolute atomic E-state index is 9.43. The first-order chi connectivity index (χ1) is 7.20. The quantitative estimate of drug-likeness (QED) is 0.675. The van der Waals surface area contributed by atoms with Gasteiger partial charge in [0.2, 0.25) is 0 Å². The van der Waals surface area contributed by atoms with Crippen molar-refractivity contribution in [3.05, 3.63) is 35.9 Å². The Labute approximate surface area is 99.7 Å². The summed E-state index contributed by atoms with van der Waals surface area (Å²) in [5.41, 5.74) is 2.10. The lowest BCUT2D eigenvalue weighted by Gasteiger charge is -2.10. The van der Waals surface area contributed by atoms with E-state index in [0.717, 1.165) is 17.5 Å². The van der Waals surface area contributed by atoms with E-state index in [2.05, 4.69) is 22.5 Å². The number of alkyl halides is 1. The van der Waals surface area contributed by atoms with Gasteiger partial charge in [-0.3, -0.25) is 0 Å². The second-order valence-electron chi connectivity index (χ2n) is 2.89. The van der Waals surface area contributed by atoms with Crippen LogP contribution in [0.25, 0.3) is 0 Å². The summed E-state index contributed by atoms with van der Waals surface area (Å²) in [4.78, 5) is 0. The van der Waals surface area contributed by atoms with Crippen molar-refractivity contribution >= 4 is 15.9 Å². The van der Waals surface area contributed by atoms with Crippen LogP contribution >= 0.6 is 15.9 Å². The van der Waals surface area contributed by atoms with E-state index in [1.54, 1.807) is 13.2 Å². The molecule has 84 valence electrons. The molecule has 0 radical (unpaired) electrons. The van der Waals surface area contributed by atoms with Gasteiger partial charge in [-0.05, 0) is 36.4 Å². The first-order valence-corrected chi connectivity index (χ1v) is 6.13. The number of hydrogen-bond acceptors (Lipinski definition) is 2. The van der Waals surface area contributed by atoms with Gasteiger partial charge in [0.25, 0.3) is 0 Å². The molecule has 0 spiro atoms. The first kappa shape index (κ1) is 14.0. The number of rotatable bonds is 3. The Morgan fingerprint density at radius 1 is 1.47 bits per heavy atom. The molecule has 1 rings (SSSR count). The standard InChI is InChI=1S/C11H14O2.CH3Br/c1-4-5-9-6-7-10(12)11(13-3)8(9)2;1-2/h4,6-7,12H,1,5H2,2-3H3;1H3. The summed E-state index contributed by atoms with van der Waals surface area (Å²) < 4.78 is 5.08. The predicted molar refractivity (Wildman–Crippen MR) is 68.1 cm³/mol. The highest BCUT2D eigenvalue weighted by atomic mass is 79.9. The van der Waals surface area contributed by atoms with Crippen LogP contribution in [0.3, 0.4) is 0 Å². The SMILES string of the molecule is C=CCc1ccc(O)c(OC)c1C.CBr. The molecule has 3 heteroatoms. The first-order valence-electron chi connectivity index (χ1n) is 4.54. The van der Waals surface area contributed by atoms with Crippen LogP contribution in [0.2, 0.25) is 0 Å². The van der Waals surface area contributed by atoms with Crippen LogP contribution in [0.5, 0.6) is 11.5 Å². The summed E-state index contributed by atoms with van der Waals surface area (Å²) >= 11 is 2.94. The minimum Gasteiger partial charge on any atom is -0.504 e. The number of aromatic hydroxyl groups is 1. The van der Waals surface area contributed by atoms with E-state index in [0.29, 0.717) is 5.75 Å². The van der Waals surface area contributed by atoms with Gasteiger partial charge in [-0.25, -0.2) is 0 Å². The highest BCUT2D eigenvalue weighted by Crippen LogP contribution is 2.31. The van der Waals surface area contributed by atoms with Crippen LogP contribution in [0, 0.1) is 6.92 Å². The number of hydrogen-bond donors (Lipinski definition) is 1. The molecular formula is C12H17BrO2. The Balaban J connectivity index is 0.000000921. The minimum atomic E-state index is 0.188. The Kier molecular flexibility index (Phi) is 6.88. The number of methoxy groups -OCH3 is 1. The minimum absolute atomic E-state index is 0.188. The van der Waals surface area contributed by atoms with Gasteiger partial charge in [0.05, 0.1) is 7.11 Å². The molecule has 0 aliphatic heterocycles. The van der Waals surface area contributed by atoms with E-state index in [-0.39, 0.29) is 5.75 Å². The maximum Gasteiger partial charge on any atom is 0.163 e. The molecule has 0 amide bonds. The number of allylic oxidation sites excluding steroid dienone is 1. The van der Waals surface area contributed by atoms with Gasteiger partial charge in [-0.15, -0.1) is 6.58 Å². The van der Waals surface area contributed by atoms with Gasteiger partial charge in [0.1, 0.15) is 0 Å². The van der Waals surface area contributed by atoms with Crippen LogP contribution in [0.1, 0.15) is 11.1 Å². The van der Waals surface area contributed by atoms with Gasteiger partial charge in [-0.2, -0.15) is 0 Å². The van der Waals surface area contributed by atoms with Gasteiger partial charge in [0, 0.05) is 0 Å². The number of ether oxygens (including phenoxy) is 1. The fraction of sp³-hybridized carbons (Fsp3) is 0.333. The monoisotopic (exact) mass is 272 g/mol. The lowest BCUT2D eigenvalue weighted by Crippen LogP contribution is -1.93. The summed E-state index contributed by atoms with van der Waals surface area (Å²) in [5.74, 6) is 2.56. The molecule has 1 aromatic rings. The molecule has 0 unspecified atom stereocenters. The smallest absolute Gasteiger partial charge is 0.163 e. The zero-order valence-electron chi connectivity index (χ0n) is 9.38. The van der Waals surface area contributed by atoms with Crippen molar-refractivity contribution in [3.8, 4) is 11.5 Å². The summed E-state index contributed by atoms with van der Waals surface area (Å²) in [6.07, 6.45) is 2.63. The van der Waals surface area contributed by atoms with Crippen molar-refractivity contribution in [1.29, 1.82) is 0 Å². The number of benzene rings is 1. The fourth-order valence-corrected chi connectivity index (χ4v) is 1.35. The van der Waals surface area contributed by atoms with Crippen molar-refractivity contribution < 1.29 is 9.84 Å². The molecule has 0 heterocycles. The van der Waals surface area contributed by atoms with Crippen LogP contribution in [0.4, 0.5) is 0 Å². The van der Waals surface area contributed by atoms with Gasteiger partial charge >= 0.3 is 0 Å². The van der Waals surface area contributed by atoms with E-state index in [9.17, 15) is 5.11 Å². The van der Waals surface area contributed by atoms with Crippen LogP contribution < -0.4 is 4.74 Å². The molecule has 0 fully saturated rings. The Morgan fingerprint density at radius 2 is 2.07 bits per heavy atom. The zero-order chi connectivity index (χ0) is 11.8. The van der Waals surface area contributed by atoms with Gasteiger partial charge in [-0.1, -0.05) is 28.1 Å². The molecule has 1 N–H and O–H groups in total. The molecule has 0 aliphatic rings. The summed E-state index contributed by atoms with van der Waals surface area (Å²) in [7, 11) is 1.56. The third-order valence-electron chi connectivity index (χ3n) is 2.07. The zero-order valence-corrected chi connectivity index (χ0v) is 11.0. The average Bonchev–Trinajstić information content (AvgIpc) is 2.26. The highest BCUT2D eigenvalue weighted by Gasteiger charge is 2.07. The van der Waals surface area contributed by atoms with Crippen molar-refractivity contribution in [3.63, 3.8) is 0 Å². The second kappa shape index (κ2) is 7.35. The third-order valence-corrected chi connectivity index (χ3v) is 2.07. The normalized spacial score (nSPS) is 8.80. The molecule has 0 aromatic heterocycles. The summed E-state index contributed by atoms with van der Waals surface area (Å²) in [5, 5.41) is 9.43. The lowest BCUT2D eigenvalue weighted by atomic mass is 10.0. The van der Waals surface area contributed by atoms with Crippen molar-refractivity contribution in [2.75, 3.05) is 12.9 Å². The summed E-state index contributed by atoms with van der Waals surface area (Å²) in [6.45, 7) is 5.60. The Hall–Kier alpha value is -0.960. The Bertz CT molecular complexity index is 322. The van der Waals surface area contributed by atoms with E-state index < -0.39 is 0 Å². The molecule has 1 aromatic carbocycles. The van der Waals surface area contributed by atoms with E-state index in [1.165, 1.54) is 0 Å². The third kappa shape index (κ3) is 3.59. The fourth-order valence-electron chi connectivity index (χ4n) is 1.35. The molecule has 0 aliphatic carbocycles. The Morgan fingerprint density at radius 3 is 2.53 bits per heavy atom. The number of phenols is 1. The molecule has 2 nitrogen and oxygen atoms in total. The predicted octanol–water partition coefficient (Wildman–Crippen LogP) is 3.45. The maximum atomic E-state index is 9.43. The number of halogens is 1. The largest absolute Gasteiger partial charge is 0.504 e. The van der Waals surface area contributed by atoms with E-state index in [4.69, 9.17) is 4.74 Å². The highest BCUT2D eigenvalue weighted by molar-refractivity contribution is 9.08. The lowest BCUT2D eigenvalue weighted by molar-refractivity contribution is 0.370. The summed E-state index contributed by atoms with van der Waals surface area (Å²) in [6, 6.07) is 3.53. The van der Waals surface area contributed by atoms with Crippen molar-refractivity contribution in [2.45, 2.75) is 13.3 Å². The second-order valence-corrected chi connectivity index (χ2v) is 2.89. The van der Waals surface area contributed by atoms with Gasteiger partial charge < -0.3 is 9.84 Å². The molecule has 0 bridgehead atoms. The topological polar surface area (TPSA) is 29.5 Å². The van der Waals surface area contributed by atoms with E-state index >= 15 is 0 Å². The van der Waals surface area contributed by atoms with Crippen LogP contribution in [-0.2, 0) is 6.42 Å². The molecular weight excluding hydrogens is 256 g/mol. The van der Waals surface area contributed by atoms with Crippen LogP contribution in [-0.4, -0.2) is 18.0 Å². The van der Waals surface area contributed by atoms with Crippen LogP contribution in [0.15, 0.2) is 24.8 Å². The van der Waals surface area contributed by atoms with Crippen molar-refractivity contribution in [1.82, 2.24) is 0 Å².